The number of thiophene rings is 1. The molecule has 0 aliphatic carbocycles. The van der Waals surface area contributed by atoms with Crippen LogP contribution in [-0.2, 0) is 4.79 Å². The van der Waals surface area contributed by atoms with Crippen LogP contribution < -0.4 is 5.32 Å². The highest BCUT2D eigenvalue weighted by Crippen LogP contribution is 2.22. The molecule has 1 atom stereocenters. The molecular weight excluding hydrogens is 348 g/mol. The molecule has 2 rings (SSSR count). The summed E-state index contributed by atoms with van der Waals surface area (Å²) >= 11 is 4.82. The highest BCUT2D eigenvalue weighted by Gasteiger charge is 2.13. The van der Waals surface area contributed by atoms with Crippen molar-refractivity contribution in [3.63, 3.8) is 0 Å². The molecule has 3 nitrogen and oxygen atoms in total. The van der Waals surface area contributed by atoms with Crippen molar-refractivity contribution in [3.05, 3.63) is 62.3 Å². The van der Waals surface area contributed by atoms with Crippen LogP contribution in [-0.4, -0.2) is 5.91 Å². The first kappa shape index (κ1) is 15.5. The topological polar surface area (TPSA) is 52.9 Å². The summed E-state index contributed by atoms with van der Waals surface area (Å²) in [5.74, 6) is -0.363. The van der Waals surface area contributed by atoms with Crippen LogP contribution >= 0.6 is 27.3 Å². The van der Waals surface area contributed by atoms with E-state index in [1.54, 1.807) is 6.08 Å². The molecule has 0 spiro atoms. The fourth-order valence-electron chi connectivity index (χ4n) is 1.79. The van der Waals surface area contributed by atoms with E-state index in [-0.39, 0.29) is 17.5 Å². The molecule has 0 fully saturated rings. The van der Waals surface area contributed by atoms with Crippen LogP contribution in [0.4, 0.5) is 0 Å². The van der Waals surface area contributed by atoms with Crippen molar-refractivity contribution < 1.29 is 4.79 Å². The van der Waals surface area contributed by atoms with Crippen molar-refractivity contribution in [3.8, 4) is 6.07 Å². The van der Waals surface area contributed by atoms with Gasteiger partial charge in [-0.25, -0.2) is 0 Å². The molecule has 1 heterocycles. The molecule has 1 unspecified atom stereocenters. The predicted molar refractivity (Wildman–Crippen MR) is 88.6 cm³/mol. The minimum atomic E-state index is -0.363. The Labute approximate surface area is 136 Å². The first-order valence-electron chi connectivity index (χ1n) is 6.32. The van der Waals surface area contributed by atoms with Gasteiger partial charge in [-0.1, -0.05) is 30.3 Å². The van der Waals surface area contributed by atoms with Gasteiger partial charge in [0.05, 0.1) is 6.04 Å². The molecule has 0 radical (unpaired) electrons. The Balaban J connectivity index is 2.11. The van der Waals surface area contributed by atoms with Gasteiger partial charge in [-0.15, -0.1) is 11.3 Å². The molecule has 2 aromatic rings. The lowest BCUT2D eigenvalue weighted by Crippen LogP contribution is -2.27. The Morgan fingerprint density at radius 2 is 2.14 bits per heavy atom. The van der Waals surface area contributed by atoms with Crippen LogP contribution in [0.25, 0.3) is 6.08 Å². The summed E-state index contributed by atoms with van der Waals surface area (Å²) in [6.45, 7) is 1.89. The van der Waals surface area contributed by atoms with E-state index in [0.717, 1.165) is 14.9 Å². The van der Waals surface area contributed by atoms with Crippen molar-refractivity contribution in [2.45, 2.75) is 13.0 Å². The standard InChI is InChI=1S/C16H13BrN2OS/c1-11(12-5-3-2-4-6-12)19-16(20)13(9-18)7-15-8-14(17)10-21-15/h2-8,10-11H,1H3,(H,19,20)/b13-7+. The lowest BCUT2D eigenvalue weighted by molar-refractivity contribution is -0.117. The molecule has 21 heavy (non-hydrogen) atoms. The van der Waals surface area contributed by atoms with Gasteiger partial charge in [-0.2, -0.15) is 5.26 Å². The second-order valence-electron chi connectivity index (χ2n) is 4.44. The second-order valence-corrected chi connectivity index (χ2v) is 6.30. The van der Waals surface area contributed by atoms with Crippen LogP contribution in [0, 0.1) is 11.3 Å². The molecule has 106 valence electrons. The average Bonchev–Trinajstić information content (AvgIpc) is 2.90. The summed E-state index contributed by atoms with van der Waals surface area (Å²) in [6.07, 6.45) is 1.60. The Morgan fingerprint density at radius 3 is 2.71 bits per heavy atom. The molecule has 0 aliphatic rings. The number of carbonyl (C=O) groups excluding carboxylic acids is 1. The first-order chi connectivity index (χ1) is 10.1. The number of halogens is 1. The second kappa shape index (κ2) is 7.21. The molecule has 0 bridgehead atoms. The van der Waals surface area contributed by atoms with E-state index in [4.69, 9.17) is 5.26 Å². The maximum atomic E-state index is 12.2. The van der Waals surface area contributed by atoms with E-state index in [2.05, 4.69) is 21.2 Å². The van der Waals surface area contributed by atoms with Crippen LogP contribution in [0.2, 0.25) is 0 Å². The normalized spacial score (nSPS) is 12.5. The fourth-order valence-corrected chi connectivity index (χ4v) is 3.17. The minimum absolute atomic E-state index is 0.104. The van der Waals surface area contributed by atoms with Gasteiger partial charge in [0.25, 0.3) is 5.91 Å². The third kappa shape index (κ3) is 4.28. The van der Waals surface area contributed by atoms with Crippen LogP contribution in [0.3, 0.4) is 0 Å². The number of carbonyl (C=O) groups is 1. The molecule has 1 aromatic heterocycles. The van der Waals surface area contributed by atoms with Crippen molar-refractivity contribution >= 4 is 39.2 Å². The number of hydrogen-bond donors (Lipinski definition) is 1. The number of benzene rings is 1. The lowest BCUT2D eigenvalue weighted by atomic mass is 10.1. The average molecular weight is 361 g/mol. The van der Waals surface area contributed by atoms with Crippen molar-refractivity contribution in [2.75, 3.05) is 0 Å². The molecule has 0 aliphatic heterocycles. The zero-order valence-corrected chi connectivity index (χ0v) is 13.7. The Morgan fingerprint density at radius 1 is 1.43 bits per heavy atom. The number of hydrogen-bond acceptors (Lipinski definition) is 3. The number of nitrogens with zero attached hydrogens (tertiary/aromatic N) is 1. The first-order valence-corrected chi connectivity index (χ1v) is 7.99. The van der Waals surface area contributed by atoms with E-state index in [1.807, 2.05) is 54.8 Å². The summed E-state index contributed by atoms with van der Waals surface area (Å²) < 4.78 is 0.939. The van der Waals surface area contributed by atoms with Crippen molar-refractivity contribution in [1.29, 1.82) is 5.26 Å². The monoisotopic (exact) mass is 360 g/mol. The Kier molecular flexibility index (Phi) is 5.32. The third-order valence-electron chi connectivity index (χ3n) is 2.89. The highest BCUT2D eigenvalue weighted by atomic mass is 79.9. The fraction of sp³-hybridized carbons (Fsp3) is 0.125. The van der Waals surface area contributed by atoms with Gasteiger partial charge in [0, 0.05) is 14.7 Å². The number of rotatable bonds is 4. The molecular formula is C16H13BrN2OS. The predicted octanol–water partition coefficient (Wildman–Crippen LogP) is 4.29. The van der Waals surface area contributed by atoms with Crippen LogP contribution in [0.15, 0.2) is 51.8 Å². The molecule has 0 saturated carbocycles. The van der Waals surface area contributed by atoms with E-state index in [9.17, 15) is 4.79 Å². The van der Waals surface area contributed by atoms with Gasteiger partial charge in [0.1, 0.15) is 11.6 Å². The quantitative estimate of drug-likeness (QED) is 0.652. The number of nitrogens with one attached hydrogen (secondary N) is 1. The number of nitriles is 1. The van der Waals surface area contributed by atoms with E-state index >= 15 is 0 Å². The zero-order valence-electron chi connectivity index (χ0n) is 11.3. The van der Waals surface area contributed by atoms with Crippen molar-refractivity contribution in [2.24, 2.45) is 0 Å². The summed E-state index contributed by atoms with van der Waals surface area (Å²) in [6, 6.07) is 13.3. The summed E-state index contributed by atoms with van der Waals surface area (Å²) in [7, 11) is 0. The highest BCUT2D eigenvalue weighted by molar-refractivity contribution is 9.10. The molecule has 0 saturated heterocycles. The third-order valence-corrected chi connectivity index (χ3v) is 4.53. The van der Waals surface area contributed by atoms with Crippen LogP contribution in [0.5, 0.6) is 0 Å². The molecule has 1 amide bonds. The summed E-state index contributed by atoms with van der Waals surface area (Å²) in [5, 5.41) is 13.9. The minimum Gasteiger partial charge on any atom is -0.345 e. The lowest BCUT2D eigenvalue weighted by Gasteiger charge is -2.13. The molecule has 1 N–H and O–H groups in total. The smallest absolute Gasteiger partial charge is 0.262 e. The summed E-state index contributed by atoms with van der Waals surface area (Å²) in [4.78, 5) is 13.0. The van der Waals surface area contributed by atoms with E-state index < -0.39 is 0 Å². The van der Waals surface area contributed by atoms with Gasteiger partial charge >= 0.3 is 0 Å². The van der Waals surface area contributed by atoms with E-state index in [1.165, 1.54) is 11.3 Å². The summed E-state index contributed by atoms with van der Waals surface area (Å²) in [5.41, 5.74) is 1.11. The Bertz CT molecular complexity index is 701. The largest absolute Gasteiger partial charge is 0.345 e. The van der Waals surface area contributed by atoms with Crippen LogP contribution in [0.1, 0.15) is 23.4 Å². The maximum Gasteiger partial charge on any atom is 0.262 e. The SMILES string of the molecule is CC(NC(=O)/C(C#N)=C/c1cc(Br)cs1)c1ccccc1. The molecule has 1 aromatic carbocycles. The van der Waals surface area contributed by atoms with Gasteiger partial charge in [0.15, 0.2) is 0 Å². The van der Waals surface area contributed by atoms with Gasteiger partial charge in [0.2, 0.25) is 0 Å². The Hall–Kier alpha value is -1.90. The molecule has 5 heteroatoms. The van der Waals surface area contributed by atoms with Gasteiger partial charge < -0.3 is 5.32 Å². The maximum absolute atomic E-state index is 12.2. The van der Waals surface area contributed by atoms with E-state index in [0.29, 0.717) is 0 Å². The zero-order chi connectivity index (χ0) is 15.2. The van der Waals surface area contributed by atoms with Crippen molar-refractivity contribution in [1.82, 2.24) is 5.32 Å². The number of amides is 1. The van der Waals surface area contributed by atoms with Gasteiger partial charge in [-0.3, -0.25) is 4.79 Å². The van der Waals surface area contributed by atoms with Gasteiger partial charge in [-0.05, 0) is 40.6 Å².